The quantitative estimate of drug-likeness (QED) is 0.714. The van der Waals surface area contributed by atoms with E-state index in [1.165, 1.54) is 0 Å². The molecule has 2 rings (SSSR count). The summed E-state index contributed by atoms with van der Waals surface area (Å²) in [5.41, 5.74) is 6.92. The lowest BCUT2D eigenvalue weighted by Gasteiger charge is -2.10. The van der Waals surface area contributed by atoms with E-state index in [0.717, 1.165) is 23.7 Å². The van der Waals surface area contributed by atoms with Crippen LogP contribution < -0.4 is 5.73 Å². The van der Waals surface area contributed by atoms with Gasteiger partial charge in [0.2, 0.25) is 0 Å². The number of rotatable bonds is 1. The molecular weight excluding hydrogens is 172 g/mol. The molecule has 0 aliphatic carbocycles. The molecule has 66 valence electrons. The van der Waals surface area contributed by atoms with Crippen molar-refractivity contribution in [3.05, 3.63) is 16.1 Å². The molecule has 2 heterocycles. The van der Waals surface area contributed by atoms with Crippen LogP contribution in [0.2, 0.25) is 0 Å². The Balaban J connectivity index is 2.19. The number of ether oxygens (including phenoxy) is 1. The molecule has 1 aromatic rings. The van der Waals surface area contributed by atoms with Gasteiger partial charge < -0.3 is 10.5 Å². The number of nitrogens with two attached hydrogens (primary N) is 1. The Morgan fingerprint density at radius 1 is 1.75 bits per heavy atom. The van der Waals surface area contributed by atoms with Gasteiger partial charge in [0.15, 0.2) is 0 Å². The van der Waals surface area contributed by atoms with E-state index in [2.05, 4.69) is 4.98 Å². The summed E-state index contributed by atoms with van der Waals surface area (Å²) in [5.74, 6) is 0. The van der Waals surface area contributed by atoms with Gasteiger partial charge in [-0.25, -0.2) is 4.98 Å². The van der Waals surface area contributed by atoms with E-state index >= 15 is 0 Å². The number of hydrogen-bond acceptors (Lipinski definition) is 4. The second-order valence-corrected chi connectivity index (χ2v) is 3.96. The standard InChI is InChI=1S/C8H12N2OS/c1-5-4-12-8(10-5)7-6(9)2-3-11-7/h4,6-7H,2-3,9H2,1H3. The highest BCUT2D eigenvalue weighted by Crippen LogP contribution is 2.29. The van der Waals surface area contributed by atoms with Crippen molar-refractivity contribution in [1.82, 2.24) is 4.98 Å². The summed E-state index contributed by atoms with van der Waals surface area (Å²) in [7, 11) is 0. The van der Waals surface area contributed by atoms with Crippen LogP contribution in [0.5, 0.6) is 0 Å². The molecule has 2 unspecified atom stereocenters. The van der Waals surface area contributed by atoms with Crippen LogP contribution in [0, 0.1) is 6.92 Å². The third kappa shape index (κ3) is 1.37. The van der Waals surface area contributed by atoms with Crippen LogP contribution in [-0.4, -0.2) is 17.6 Å². The Morgan fingerprint density at radius 3 is 3.08 bits per heavy atom. The Kier molecular flexibility index (Phi) is 2.12. The summed E-state index contributed by atoms with van der Waals surface area (Å²) in [4.78, 5) is 4.36. The van der Waals surface area contributed by atoms with E-state index in [9.17, 15) is 0 Å². The second-order valence-electron chi connectivity index (χ2n) is 3.07. The molecule has 0 amide bonds. The SMILES string of the molecule is Cc1csc(C2OCCC2N)n1. The summed E-state index contributed by atoms with van der Waals surface area (Å²) in [6.45, 7) is 2.75. The van der Waals surface area contributed by atoms with Gasteiger partial charge in [0.25, 0.3) is 0 Å². The fraction of sp³-hybridized carbons (Fsp3) is 0.625. The van der Waals surface area contributed by atoms with E-state index in [0.29, 0.717) is 0 Å². The smallest absolute Gasteiger partial charge is 0.124 e. The zero-order valence-corrected chi connectivity index (χ0v) is 7.80. The van der Waals surface area contributed by atoms with E-state index in [-0.39, 0.29) is 12.1 Å². The zero-order chi connectivity index (χ0) is 8.55. The molecule has 1 aliphatic heterocycles. The minimum absolute atomic E-state index is 0.0451. The fourth-order valence-electron chi connectivity index (χ4n) is 1.36. The molecule has 1 aromatic heterocycles. The maximum Gasteiger partial charge on any atom is 0.124 e. The maximum absolute atomic E-state index is 5.86. The van der Waals surface area contributed by atoms with Gasteiger partial charge in [-0.3, -0.25) is 0 Å². The first-order chi connectivity index (χ1) is 5.77. The van der Waals surface area contributed by atoms with Crippen molar-refractivity contribution in [2.45, 2.75) is 25.5 Å². The Morgan fingerprint density at radius 2 is 2.58 bits per heavy atom. The van der Waals surface area contributed by atoms with Crippen molar-refractivity contribution in [3.63, 3.8) is 0 Å². The molecule has 1 aliphatic rings. The minimum Gasteiger partial charge on any atom is -0.369 e. The summed E-state index contributed by atoms with van der Waals surface area (Å²) in [6.07, 6.45) is 0.993. The van der Waals surface area contributed by atoms with Crippen LogP contribution in [0.25, 0.3) is 0 Å². The lowest BCUT2D eigenvalue weighted by atomic mass is 10.2. The molecule has 0 bridgehead atoms. The summed E-state index contributed by atoms with van der Waals surface area (Å²) >= 11 is 1.63. The molecule has 1 saturated heterocycles. The highest BCUT2D eigenvalue weighted by Gasteiger charge is 2.28. The summed E-state index contributed by atoms with van der Waals surface area (Å²) < 4.78 is 5.49. The first-order valence-corrected chi connectivity index (χ1v) is 4.94. The summed E-state index contributed by atoms with van der Waals surface area (Å²) in [5, 5.41) is 3.06. The molecule has 0 saturated carbocycles. The van der Waals surface area contributed by atoms with E-state index in [4.69, 9.17) is 10.5 Å². The lowest BCUT2D eigenvalue weighted by Crippen LogP contribution is -2.23. The molecule has 12 heavy (non-hydrogen) atoms. The summed E-state index contributed by atoms with van der Waals surface area (Å²) in [6, 6.07) is 0.135. The third-order valence-corrected chi connectivity index (χ3v) is 3.04. The molecule has 3 nitrogen and oxygen atoms in total. The Labute approximate surface area is 75.6 Å². The zero-order valence-electron chi connectivity index (χ0n) is 6.99. The number of thiazole rings is 1. The molecule has 2 N–H and O–H groups in total. The predicted octanol–water partition coefficient (Wildman–Crippen LogP) is 1.24. The van der Waals surface area contributed by atoms with E-state index in [1.807, 2.05) is 12.3 Å². The van der Waals surface area contributed by atoms with Crippen LogP contribution >= 0.6 is 11.3 Å². The fourth-order valence-corrected chi connectivity index (χ4v) is 2.28. The average molecular weight is 184 g/mol. The molecule has 1 fully saturated rings. The number of aryl methyl sites for hydroxylation is 1. The van der Waals surface area contributed by atoms with Crippen molar-refractivity contribution in [2.75, 3.05) is 6.61 Å². The van der Waals surface area contributed by atoms with Gasteiger partial charge >= 0.3 is 0 Å². The topological polar surface area (TPSA) is 48.1 Å². The van der Waals surface area contributed by atoms with Crippen molar-refractivity contribution in [1.29, 1.82) is 0 Å². The van der Waals surface area contributed by atoms with Crippen molar-refractivity contribution in [3.8, 4) is 0 Å². The van der Waals surface area contributed by atoms with Crippen molar-refractivity contribution < 1.29 is 4.74 Å². The monoisotopic (exact) mass is 184 g/mol. The van der Waals surface area contributed by atoms with Gasteiger partial charge in [-0.05, 0) is 13.3 Å². The van der Waals surface area contributed by atoms with Gasteiger partial charge in [0.05, 0.1) is 0 Å². The largest absolute Gasteiger partial charge is 0.369 e. The Bertz CT molecular complexity index is 274. The van der Waals surface area contributed by atoms with Gasteiger partial charge in [0, 0.05) is 23.7 Å². The van der Waals surface area contributed by atoms with Gasteiger partial charge in [-0.1, -0.05) is 0 Å². The first kappa shape index (κ1) is 8.16. The van der Waals surface area contributed by atoms with E-state index in [1.54, 1.807) is 11.3 Å². The van der Waals surface area contributed by atoms with Crippen LogP contribution in [0.1, 0.15) is 23.2 Å². The van der Waals surface area contributed by atoms with Crippen LogP contribution in [0.4, 0.5) is 0 Å². The highest BCUT2D eigenvalue weighted by atomic mass is 32.1. The number of nitrogens with zero attached hydrogens (tertiary/aromatic N) is 1. The van der Waals surface area contributed by atoms with Crippen molar-refractivity contribution >= 4 is 11.3 Å². The average Bonchev–Trinajstić information content (AvgIpc) is 2.58. The molecule has 4 heteroatoms. The number of hydrogen-bond donors (Lipinski definition) is 1. The Hall–Kier alpha value is -0.450. The van der Waals surface area contributed by atoms with Crippen LogP contribution in [-0.2, 0) is 4.74 Å². The van der Waals surface area contributed by atoms with Crippen LogP contribution in [0.15, 0.2) is 5.38 Å². The third-order valence-electron chi connectivity index (χ3n) is 2.02. The van der Waals surface area contributed by atoms with Gasteiger partial charge in [-0.2, -0.15) is 0 Å². The molecule has 0 radical (unpaired) electrons. The lowest BCUT2D eigenvalue weighted by molar-refractivity contribution is 0.105. The first-order valence-electron chi connectivity index (χ1n) is 4.06. The molecular formula is C8H12N2OS. The molecule has 2 atom stereocenters. The predicted molar refractivity (Wildman–Crippen MR) is 48.1 cm³/mol. The van der Waals surface area contributed by atoms with Crippen LogP contribution in [0.3, 0.4) is 0 Å². The second kappa shape index (κ2) is 3.12. The maximum atomic E-state index is 5.86. The van der Waals surface area contributed by atoms with Gasteiger partial charge in [0.1, 0.15) is 11.1 Å². The molecule has 0 spiro atoms. The van der Waals surface area contributed by atoms with Gasteiger partial charge in [-0.15, -0.1) is 11.3 Å². The van der Waals surface area contributed by atoms with Crippen molar-refractivity contribution in [2.24, 2.45) is 5.73 Å². The minimum atomic E-state index is 0.0451. The highest BCUT2D eigenvalue weighted by molar-refractivity contribution is 7.09. The van der Waals surface area contributed by atoms with E-state index < -0.39 is 0 Å². The normalized spacial score (nSPS) is 29.5. The number of aromatic nitrogens is 1. The molecule has 0 aromatic carbocycles.